The topological polar surface area (TPSA) is 54.4 Å². The van der Waals surface area contributed by atoms with Crippen molar-refractivity contribution in [2.45, 2.75) is 33.0 Å². The fourth-order valence-corrected chi connectivity index (χ4v) is 3.69. The molecule has 1 aromatic rings. The maximum atomic E-state index is 12.6. The Labute approximate surface area is 155 Å². The zero-order valence-corrected chi connectivity index (χ0v) is 16.0. The SMILES string of the molecule is CCOC(=O)C1C=C(c2ccc(OC)cc2)N(C)C2C1C=NN2C(C)C. The van der Waals surface area contributed by atoms with Crippen molar-refractivity contribution < 1.29 is 14.3 Å². The number of fused-ring (bicyclic) bond motifs is 1. The highest BCUT2D eigenvalue weighted by molar-refractivity contribution is 5.85. The van der Waals surface area contributed by atoms with Crippen molar-refractivity contribution in [1.82, 2.24) is 9.91 Å². The van der Waals surface area contributed by atoms with Crippen LogP contribution in [-0.2, 0) is 9.53 Å². The number of methoxy groups -OCH3 is 1. The van der Waals surface area contributed by atoms with E-state index in [1.807, 2.05) is 43.5 Å². The molecule has 0 aromatic heterocycles. The van der Waals surface area contributed by atoms with Crippen LogP contribution in [0.5, 0.6) is 5.75 Å². The highest BCUT2D eigenvalue weighted by Crippen LogP contribution is 2.39. The average Bonchev–Trinajstić information content (AvgIpc) is 3.08. The quantitative estimate of drug-likeness (QED) is 0.759. The van der Waals surface area contributed by atoms with E-state index in [4.69, 9.17) is 9.47 Å². The first-order valence-corrected chi connectivity index (χ1v) is 9.06. The average molecular weight is 357 g/mol. The molecule has 0 bridgehead atoms. The molecule has 0 saturated heterocycles. The van der Waals surface area contributed by atoms with Crippen LogP contribution in [0.15, 0.2) is 35.4 Å². The number of rotatable bonds is 5. The number of carbonyl (C=O) groups excluding carboxylic acids is 1. The predicted octanol–water partition coefficient (Wildman–Crippen LogP) is 2.81. The van der Waals surface area contributed by atoms with Crippen LogP contribution in [0.2, 0.25) is 0 Å². The van der Waals surface area contributed by atoms with Gasteiger partial charge in [0, 0.05) is 25.0 Å². The molecule has 0 spiro atoms. The van der Waals surface area contributed by atoms with E-state index in [2.05, 4.69) is 35.9 Å². The van der Waals surface area contributed by atoms with E-state index < -0.39 is 0 Å². The van der Waals surface area contributed by atoms with Gasteiger partial charge in [-0.25, -0.2) is 0 Å². The van der Waals surface area contributed by atoms with Gasteiger partial charge in [-0.1, -0.05) is 0 Å². The summed E-state index contributed by atoms with van der Waals surface area (Å²) in [5.74, 6) is 0.239. The molecule has 3 unspecified atom stereocenters. The number of ether oxygens (including phenoxy) is 2. The van der Waals surface area contributed by atoms with Crippen molar-refractivity contribution in [3.63, 3.8) is 0 Å². The smallest absolute Gasteiger partial charge is 0.313 e. The summed E-state index contributed by atoms with van der Waals surface area (Å²) in [6.45, 7) is 6.43. The molecular weight excluding hydrogens is 330 g/mol. The molecule has 2 aliphatic rings. The monoisotopic (exact) mass is 357 g/mol. The van der Waals surface area contributed by atoms with Gasteiger partial charge in [-0.3, -0.25) is 9.80 Å². The second-order valence-electron chi connectivity index (χ2n) is 6.90. The molecular formula is C20H27N3O3. The van der Waals surface area contributed by atoms with Gasteiger partial charge in [0.05, 0.1) is 25.6 Å². The van der Waals surface area contributed by atoms with Crippen LogP contribution >= 0.6 is 0 Å². The van der Waals surface area contributed by atoms with Crippen LogP contribution in [0.3, 0.4) is 0 Å². The van der Waals surface area contributed by atoms with Gasteiger partial charge in [0.1, 0.15) is 11.9 Å². The largest absolute Gasteiger partial charge is 0.497 e. The second-order valence-corrected chi connectivity index (χ2v) is 6.90. The Hall–Kier alpha value is -2.50. The molecule has 2 aliphatic heterocycles. The lowest BCUT2D eigenvalue weighted by Crippen LogP contribution is -2.52. The summed E-state index contributed by atoms with van der Waals surface area (Å²) < 4.78 is 10.6. The minimum atomic E-state index is -0.347. The molecule has 3 rings (SSSR count). The highest BCUT2D eigenvalue weighted by Gasteiger charge is 2.46. The fourth-order valence-electron chi connectivity index (χ4n) is 3.69. The normalized spacial score (nSPS) is 24.5. The van der Waals surface area contributed by atoms with Gasteiger partial charge in [-0.2, -0.15) is 5.10 Å². The zero-order chi connectivity index (χ0) is 18.8. The molecule has 6 nitrogen and oxygen atoms in total. The van der Waals surface area contributed by atoms with E-state index >= 15 is 0 Å². The Kier molecular flexibility index (Phi) is 5.20. The van der Waals surface area contributed by atoms with E-state index in [-0.39, 0.29) is 30.0 Å². The maximum Gasteiger partial charge on any atom is 0.313 e. The van der Waals surface area contributed by atoms with E-state index in [0.717, 1.165) is 17.0 Å². The van der Waals surface area contributed by atoms with Crippen LogP contribution in [0.25, 0.3) is 5.70 Å². The molecule has 140 valence electrons. The predicted molar refractivity (Wildman–Crippen MR) is 102 cm³/mol. The second kappa shape index (κ2) is 7.40. The Bertz CT molecular complexity index is 712. The minimum Gasteiger partial charge on any atom is -0.497 e. The van der Waals surface area contributed by atoms with Crippen molar-refractivity contribution in [1.29, 1.82) is 0 Å². The third kappa shape index (κ3) is 3.16. The molecule has 1 aromatic carbocycles. The summed E-state index contributed by atoms with van der Waals surface area (Å²) >= 11 is 0. The molecule has 26 heavy (non-hydrogen) atoms. The molecule has 0 fully saturated rings. The lowest BCUT2D eigenvalue weighted by Gasteiger charge is -2.44. The van der Waals surface area contributed by atoms with Crippen molar-refractivity contribution in [2.75, 3.05) is 20.8 Å². The summed E-state index contributed by atoms with van der Waals surface area (Å²) in [5.41, 5.74) is 2.04. The van der Waals surface area contributed by atoms with Crippen LogP contribution in [-0.4, -0.2) is 55.1 Å². The van der Waals surface area contributed by atoms with Crippen LogP contribution in [0.1, 0.15) is 26.3 Å². The van der Waals surface area contributed by atoms with E-state index in [0.29, 0.717) is 6.61 Å². The Morgan fingerprint density at radius 2 is 1.96 bits per heavy atom. The van der Waals surface area contributed by atoms with Gasteiger partial charge in [-0.05, 0) is 56.7 Å². The first-order chi connectivity index (χ1) is 12.5. The van der Waals surface area contributed by atoms with Gasteiger partial charge >= 0.3 is 5.97 Å². The number of benzene rings is 1. The van der Waals surface area contributed by atoms with Crippen LogP contribution in [0.4, 0.5) is 0 Å². The van der Waals surface area contributed by atoms with Gasteiger partial charge in [-0.15, -0.1) is 0 Å². The van der Waals surface area contributed by atoms with Crippen molar-refractivity contribution in [3.05, 3.63) is 35.9 Å². The maximum absolute atomic E-state index is 12.6. The van der Waals surface area contributed by atoms with Gasteiger partial charge < -0.3 is 14.4 Å². The molecule has 0 saturated carbocycles. The molecule has 0 N–H and O–H groups in total. The molecule has 6 heteroatoms. The lowest BCUT2D eigenvalue weighted by molar-refractivity contribution is -0.148. The lowest BCUT2D eigenvalue weighted by atomic mass is 9.84. The summed E-state index contributed by atoms with van der Waals surface area (Å²) in [7, 11) is 3.71. The Balaban J connectivity index is 2.01. The van der Waals surface area contributed by atoms with Gasteiger partial charge in [0.25, 0.3) is 0 Å². The number of carbonyl (C=O) groups is 1. The number of nitrogens with zero attached hydrogens (tertiary/aromatic N) is 3. The molecule has 0 aliphatic carbocycles. The van der Waals surface area contributed by atoms with E-state index in [9.17, 15) is 4.79 Å². The third-order valence-corrected chi connectivity index (χ3v) is 4.99. The summed E-state index contributed by atoms with van der Waals surface area (Å²) in [6, 6.07) is 8.13. The number of hydrogen-bond acceptors (Lipinski definition) is 6. The highest BCUT2D eigenvalue weighted by atomic mass is 16.5. The molecule has 0 radical (unpaired) electrons. The summed E-state index contributed by atoms with van der Waals surface area (Å²) in [6.07, 6.45) is 3.90. The van der Waals surface area contributed by atoms with Crippen LogP contribution in [0, 0.1) is 11.8 Å². The molecule has 3 atom stereocenters. The fraction of sp³-hybridized carbons (Fsp3) is 0.500. The van der Waals surface area contributed by atoms with Gasteiger partial charge in [0.2, 0.25) is 0 Å². The number of hydrogen-bond donors (Lipinski definition) is 0. The molecule has 0 amide bonds. The van der Waals surface area contributed by atoms with E-state index in [1.54, 1.807) is 7.11 Å². The third-order valence-electron chi connectivity index (χ3n) is 4.99. The Morgan fingerprint density at radius 3 is 2.54 bits per heavy atom. The van der Waals surface area contributed by atoms with Crippen molar-refractivity contribution >= 4 is 17.9 Å². The first-order valence-electron chi connectivity index (χ1n) is 9.06. The first kappa shape index (κ1) is 18.3. The van der Waals surface area contributed by atoms with E-state index in [1.165, 1.54) is 0 Å². The summed E-state index contributed by atoms with van der Waals surface area (Å²) in [4.78, 5) is 14.8. The van der Waals surface area contributed by atoms with Crippen molar-refractivity contribution in [2.24, 2.45) is 16.9 Å². The number of hydrazone groups is 1. The Morgan fingerprint density at radius 1 is 1.27 bits per heavy atom. The van der Waals surface area contributed by atoms with Gasteiger partial charge in [0.15, 0.2) is 0 Å². The minimum absolute atomic E-state index is 0.00786. The van der Waals surface area contributed by atoms with Crippen molar-refractivity contribution in [3.8, 4) is 5.75 Å². The standard InChI is InChI=1S/C20H27N3O3/c1-6-26-20(24)16-11-18(14-7-9-15(25-5)10-8-14)22(4)19-17(16)12-21-23(19)13(2)3/h7-13,16-17,19H,6H2,1-5H3. The summed E-state index contributed by atoms with van der Waals surface area (Å²) in [5, 5.41) is 6.65. The van der Waals surface area contributed by atoms with Crippen LogP contribution < -0.4 is 4.74 Å². The number of esters is 1. The molecule has 2 heterocycles. The zero-order valence-electron chi connectivity index (χ0n) is 16.0.